The first kappa shape index (κ1) is 10.5. The lowest BCUT2D eigenvalue weighted by Gasteiger charge is -2.37. The van der Waals surface area contributed by atoms with Crippen LogP contribution in [-0.4, -0.2) is 13.1 Å². The third kappa shape index (κ3) is 2.13. The molecule has 1 nitrogen and oxygen atoms in total. The summed E-state index contributed by atoms with van der Waals surface area (Å²) in [4.78, 5) is 0. The standard InChI is InChI=1S/C13H25N/c1-10-7-8-12(14-2)9-13(10)11-5-3-4-6-11/h10-14H,3-9H2,1-2H3. The molecule has 0 radical (unpaired) electrons. The molecule has 0 heterocycles. The van der Waals surface area contributed by atoms with Crippen LogP contribution >= 0.6 is 0 Å². The lowest BCUT2D eigenvalue weighted by molar-refractivity contribution is 0.151. The van der Waals surface area contributed by atoms with Gasteiger partial charge in [-0.1, -0.05) is 32.6 Å². The molecular formula is C13H25N. The Morgan fingerprint density at radius 1 is 1.00 bits per heavy atom. The highest BCUT2D eigenvalue weighted by atomic mass is 14.9. The van der Waals surface area contributed by atoms with E-state index in [1.807, 2.05) is 0 Å². The molecule has 2 aliphatic rings. The monoisotopic (exact) mass is 195 g/mol. The quantitative estimate of drug-likeness (QED) is 0.713. The van der Waals surface area contributed by atoms with E-state index in [-0.39, 0.29) is 0 Å². The maximum absolute atomic E-state index is 3.48. The summed E-state index contributed by atoms with van der Waals surface area (Å²) >= 11 is 0. The van der Waals surface area contributed by atoms with Crippen molar-refractivity contribution in [3.63, 3.8) is 0 Å². The highest BCUT2D eigenvalue weighted by Crippen LogP contribution is 2.42. The van der Waals surface area contributed by atoms with Crippen molar-refractivity contribution in [2.24, 2.45) is 17.8 Å². The van der Waals surface area contributed by atoms with Gasteiger partial charge in [0.15, 0.2) is 0 Å². The predicted molar refractivity (Wildman–Crippen MR) is 61.3 cm³/mol. The molecule has 0 aliphatic heterocycles. The molecule has 0 bridgehead atoms. The minimum atomic E-state index is 0.816. The molecule has 0 aromatic heterocycles. The average molecular weight is 195 g/mol. The highest BCUT2D eigenvalue weighted by molar-refractivity contribution is 4.86. The van der Waals surface area contributed by atoms with Crippen LogP contribution in [0.4, 0.5) is 0 Å². The molecule has 2 rings (SSSR count). The lowest BCUT2D eigenvalue weighted by atomic mass is 9.71. The summed E-state index contributed by atoms with van der Waals surface area (Å²) in [6, 6.07) is 0.816. The second kappa shape index (κ2) is 4.65. The van der Waals surface area contributed by atoms with Gasteiger partial charge in [-0.15, -0.1) is 0 Å². The third-order valence-electron chi connectivity index (χ3n) is 4.67. The van der Waals surface area contributed by atoms with E-state index < -0.39 is 0 Å². The van der Waals surface area contributed by atoms with Crippen molar-refractivity contribution in [2.45, 2.75) is 57.9 Å². The van der Waals surface area contributed by atoms with Crippen LogP contribution in [-0.2, 0) is 0 Å². The highest BCUT2D eigenvalue weighted by Gasteiger charge is 2.33. The van der Waals surface area contributed by atoms with Gasteiger partial charge in [0.25, 0.3) is 0 Å². The van der Waals surface area contributed by atoms with Crippen molar-refractivity contribution >= 4 is 0 Å². The van der Waals surface area contributed by atoms with E-state index in [9.17, 15) is 0 Å². The van der Waals surface area contributed by atoms with E-state index in [0.29, 0.717) is 0 Å². The molecule has 82 valence electrons. The molecule has 0 aromatic rings. The van der Waals surface area contributed by atoms with E-state index in [0.717, 1.165) is 23.8 Å². The molecule has 0 spiro atoms. The number of nitrogens with one attached hydrogen (secondary N) is 1. The largest absolute Gasteiger partial charge is 0.317 e. The van der Waals surface area contributed by atoms with Crippen molar-refractivity contribution in [3.05, 3.63) is 0 Å². The minimum absolute atomic E-state index is 0.816. The summed E-state index contributed by atoms with van der Waals surface area (Å²) in [5, 5.41) is 3.48. The van der Waals surface area contributed by atoms with E-state index in [1.54, 1.807) is 0 Å². The van der Waals surface area contributed by atoms with Crippen LogP contribution < -0.4 is 5.32 Å². The summed E-state index contributed by atoms with van der Waals surface area (Å²) in [6.45, 7) is 2.48. The normalized spacial score (nSPS) is 40.3. The summed E-state index contributed by atoms with van der Waals surface area (Å²) in [6.07, 6.45) is 10.3. The average Bonchev–Trinajstić information content (AvgIpc) is 2.71. The van der Waals surface area contributed by atoms with E-state index in [4.69, 9.17) is 0 Å². The van der Waals surface area contributed by atoms with Crippen LogP contribution in [0.25, 0.3) is 0 Å². The molecule has 1 N–H and O–H groups in total. The van der Waals surface area contributed by atoms with Crippen LogP contribution in [0.2, 0.25) is 0 Å². The third-order valence-corrected chi connectivity index (χ3v) is 4.67. The van der Waals surface area contributed by atoms with Crippen LogP contribution in [0.3, 0.4) is 0 Å². The molecule has 14 heavy (non-hydrogen) atoms. The van der Waals surface area contributed by atoms with Crippen LogP contribution in [0.5, 0.6) is 0 Å². The van der Waals surface area contributed by atoms with Gasteiger partial charge in [0.2, 0.25) is 0 Å². The van der Waals surface area contributed by atoms with Gasteiger partial charge in [0.1, 0.15) is 0 Å². The first-order valence-corrected chi connectivity index (χ1v) is 6.48. The van der Waals surface area contributed by atoms with Crippen LogP contribution in [0, 0.1) is 17.8 Å². The Kier molecular flexibility index (Phi) is 3.48. The summed E-state index contributed by atoms with van der Waals surface area (Å²) in [5.74, 6) is 3.09. The van der Waals surface area contributed by atoms with E-state index in [1.165, 1.54) is 44.9 Å². The maximum atomic E-state index is 3.48. The Bertz CT molecular complexity index is 172. The van der Waals surface area contributed by atoms with E-state index >= 15 is 0 Å². The second-order valence-corrected chi connectivity index (χ2v) is 5.48. The summed E-state index contributed by atoms with van der Waals surface area (Å²) in [7, 11) is 2.13. The fourth-order valence-corrected chi connectivity index (χ4v) is 3.66. The molecule has 2 fully saturated rings. The second-order valence-electron chi connectivity index (χ2n) is 5.48. The Balaban J connectivity index is 1.93. The predicted octanol–water partition coefficient (Wildman–Crippen LogP) is 3.20. The summed E-state index contributed by atoms with van der Waals surface area (Å²) < 4.78 is 0. The first-order valence-electron chi connectivity index (χ1n) is 6.48. The fraction of sp³-hybridized carbons (Fsp3) is 1.00. The van der Waals surface area contributed by atoms with Gasteiger partial charge < -0.3 is 5.32 Å². The zero-order valence-electron chi connectivity index (χ0n) is 9.76. The van der Waals surface area contributed by atoms with Gasteiger partial charge in [0, 0.05) is 6.04 Å². The summed E-state index contributed by atoms with van der Waals surface area (Å²) in [5.41, 5.74) is 0. The van der Waals surface area contributed by atoms with Gasteiger partial charge in [-0.3, -0.25) is 0 Å². The topological polar surface area (TPSA) is 12.0 Å². The molecule has 0 aromatic carbocycles. The van der Waals surface area contributed by atoms with Crippen molar-refractivity contribution in [1.82, 2.24) is 5.32 Å². The van der Waals surface area contributed by atoms with Gasteiger partial charge in [-0.05, 0) is 44.1 Å². The molecule has 3 atom stereocenters. The molecule has 0 amide bonds. The van der Waals surface area contributed by atoms with Crippen molar-refractivity contribution in [2.75, 3.05) is 7.05 Å². The van der Waals surface area contributed by atoms with Crippen molar-refractivity contribution in [3.8, 4) is 0 Å². The lowest BCUT2D eigenvalue weighted by Crippen LogP contribution is -2.37. The van der Waals surface area contributed by atoms with Gasteiger partial charge >= 0.3 is 0 Å². The van der Waals surface area contributed by atoms with Crippen LogP contribution in [0.1, 0.15) is 51.9 Å². The van der Waals surface area contributed by atoms with Gasteiger partial charge in [-0.25, -0.2) is 0 Å². The number of hydrogen-bond donors (Lipinski definition) is 1. The molecule has 0 saturated heterocycles. The Hall–Kier alpha value is -0.0400. The Labute approximate surface area is 88.7 Å². The zero-order chi connectivity index (χ0) is 9.97. The van der Waals surface area contributed by atoms with Crippen molar-refractivity contribution in [1.29, 1.82) is 0 Å². The fourth-order valence-electron chi connectivity index (χ4n) is 3.66. The smallest absolute Gasteiger partial charge is 0.00670 e. The van der Waals surface area contributed by atoms with Crippen molar-refractivity contribution < 1.29 is 0 Å². The zero-order valence-corrected chi connectivity index (χ0v) is 9.76. The maximum Gasteiger partial charge on any atom is 0.00670 e. The first-order chi connectivity index (χ1) is 6.81. The SMILES string of the molecule is CNC1CCC(C)C(C2CCCC2)C1. The van der Waals surface area contributed by atoms with Gasteiger partial charge in [0.05, 0.1) is 0 Å². The molecule has 3 unspecified atom stereocenters. The molecule has 1 heteroatoms. The van der Waals surface area contributed by atoms with E-state index in [2.05, 4.69) is 19.3 Å². The Morgan fingerprint density at radius 3 is 2.36 bits per heavy atom. The van der Waals surface area contributed by atoms with Crippen LogP contribution in [0.15, 0.2) is 0 Å². The Morgan fingerprint density at radius 2 is 1.71 bits per heavy atom. The molecule has 2 aliphatic carbocycles. The number of rotatable bonds is 2. The number of hydrogen-bond acceptors (Lipinski definition) is 1. The molecular weight excluding hydrogens is 170 g/mol. The molecule has 2 saturated carbocycles. The minimum Gasteiger partial charge on any atom is -0.317 e. The van der Waals surface area contributed by atoms with Gasteiger partial charge in [-0.2, -0.15) is 0 Å².